The maximum absolute atomic E-state index is 11.3. The summed E-state index contributed by atoms with van der Waals surface area (Å²) in [5.74, 6) is -2.03. The third-order valence-corrected chi connectivity index (χ3v) is 2.18. The van der Waals surface area contributed by atoms with Crippen LogP contribution in [-0.4, -0.2) is 36.0 Å². The molecule has 0 bridgehead atoms. The molecule has 3 N–H and O–H groups in total. The van der Waals surface area contributed by atoms with Crippen molar-refractivity contribution < 1.29 is 19.5 Å². The quantitative estimate of drug-likeness (QED) is 0.565. The van der Waals surface area contributed by atoms with E-state index in [-0.39, 0.29) is 31.2 Å². The number of amides is 2. The van der Waals surface area contributed by atoms with Gasteiger partial charge in [0.15, 0.2) is 0 Å². The minimum Gasteiger partial charge on any atom is -0.481 e. The Kier molecular flexibility index (Phi) is 7.75. The summed E-state index contributed by atoms with van der Waals surface area (Å²) in [4.78, 5) is 32.9. The van der Waals surface area contributed by atoms with E-state index in [4.69, 9.17) is 5.11 Å². The molecule has 0 fully saturated rings. The lowest BCUT2D eigenvalue weighted by Gasteiger charge is -2.08. The summed E-state index contributed by atoms with van der Waals surface area (Å²) in [6.45, 7) is 4.15. The first-order valence-corrected chi connectivity index (χ1v) is 5.73. The second-order valence-corrected chi connectivity index (χ2v) is 3.89. The maximum Gasteiger partial charge on any atom is 0.308 e. The second kappa shape index (κ2) is 8.55. The van der Waals surface area contributed by atoms with Crippen molar-refractivity contribution in [2.24, 2.45) is 5.92 Å². The highest BCUT2D eigenvalue weighted by molar-refractivity contribution is 5.83. The van der Waals surface area contributed by atoms with Gasteiger partial charge < -0.3 is 15.7 Å². The number of carboxylic acids is 1. The van der Waals surface area contributed by atoms with Gasteiger partial charge in [0.2, 0.25) is 11.8 Å². The van der Waals surface area contributed by atoms with Gasteiger partial charge in [-0.25, -0.2) is 0 Å². The lowest BCUT2D eigenvalue weighted by molar-refractivity contribution is -0.141. The van der Waals surface area contributed by atoms with Gasteiger partial charge in [-0.15, -0.1) is 0 Å². The van der Waals surface area contributed by atoms with Crippen molar-refractivity contribution >= 4 is 17.8 Å². The van der Waals surface area contributed by atoms with Crippen LogP contribution in [0.15, 0.2) is 0 Å². The van der Waals surface area contributed by atoms with E-state index in [0.717, 1.165) is 6.42 Å². The van der Waals surface area contributed by atoms with Crippen molar-refractivity contribution in [1.29, 1.82) is 0 Å². The van der Waals surface area contributed by atoms with Crippen molar-refractivity contribution in [2.75, 3.05) is 13.1 Å². The molecule has 0 saturated carbocycles. The molecule has 0 spiro atoms. The lowest BCUT2D eigenvalue weighted by atomic mass is 10.2. The number of hydrogen-bond donors (Lipinski definition) is 3. The van der Waals surface area contributed by atoms with E-state index in [9.17, 15) is 14.4 Å². The standard InChI is InChI=1S/C11H20N2O4/c1-3-6-12-9(14)4-5-10(15)13-7-8(2)11(16)17/h8H,3-7H2,1-2H3,(H,12,14)(H,13,15)(H,16,17). The first kappa shape index (κ1) is 15.4. The molecule has 1 atom stereocenters. The zero-order chi connectivity index (χ0) is 13.3. The zero-order valence-electron chi connectivity index (χ0n) is 10.3. The van der Waals surface area contributed by atoms with Crippen LogP contribution >= 0.6 is 0 Å². The molecular formula is C11H20N2O4. The summed E-state index contributed by atoms with van der Waals surface area (Å²) in [6.07, 6.45) is 1.07. The second-order valence-electron chi connectivity index (χ2n) is 3.89. The predicted octanol–water partition coefficient (Wildman–Crippen LogP) is 0.130. The minimum absolute atomic E-state index is 0.0852. The van der Waals surface area contributed by atoms with Crippen LogP contribution in [0.3, 0.4) is 0 Å². The van der Waals surface area contributed by atoms with E-state index >= 15 is 0 Å². The van der Waals surface area contributed by atoms with E-state index < -0.39 is 11.9 Å². The van der Waals surface area contributed by atoms with Gasteiger partial charge in [-0.1, -0.05) is 13.8 Å². The summed E-state index contributed by atoms with van der Waals surface area (Å²) in [5, 5.41) is 13.7. The van der Waals surface area contributed by atoms with E-state index in [1.165, 1.54) is 6.92 Å². The summed E-state index contributed by atoms with van der Waals surface area (Å²) in [7, 11) is 0. The fourth-order valence-corrected chi connectivity index (χ4v) is 1.02. The number of carbonyl (C=O) groups excluding carboxylic acids is 2. The molecule has 17 heavy (non-hydrogen) atoms. The highest BCUT2D eigenvalue weighted by atomic mass is 16.4. The Morgan fingerprint density at radius 3 is 2.12 bits per heavy atom. The highest BCUT2D eigenvalue weighted by Gasteiger charge is 2.12. The van der Waals surface area contributed by atoms with Crippen molar-refractivity contribution in [1.82, 2.24) is 10.6 Å². The van der Waals surface area contributed by atoms with Crippen LogP contribution in [0.5, 0.6) is 0 Å². The Morgan fingerprint density at radius 2 is 1.65 bits per heavy atom. The SMILES string of the molecule is CCCNC(=O)CCC(=O)NCC(C)C(=O)O. The van der Waals surface area contributed by atoms with E-state index in [0.29, 0.717) is 6.54 Å². The molecule has 0 heterocycles. The molecule has 0 aromatic heterocycles. The molecule has 0 aromatic carbocycles. The number of carboxylic acid groups (broad SMARTS) is 1. The van der Waals surface area contributed by atoms with E-state index in [1.54, 1.807) is 0 Å². The maximum atomic E-state index is 11.3. The molecular weight excluding hydrogens is 224 g/mol. The van der Waals surface area contributed by atoms with Crippen molar-refractivity contribution in [2.45, 2.75) is 33.1 Å². The third kappa shape index (κ3) is 8.24. The first-order valence-electron chi connectivity index (χ1n) is 5.73. The highest BCUT2D eigenvalue weighted by Crippen LogP contribution is 1.94. The van der Waals surface area contributed by atoms with Crippen molar-refractivity contribution in [3.63, 3.8) is 0 Å². The van der Waals surface area contributed by atoms with Gasteiger partial charge in [-0.3, -0.25) is 14.4 Å². The summed E-state index contributed by atoms with van der Waals surface area (Å²) < 4.78 is 0. The van der Waals surface area contributed by atoms with Gasteiger partial charge in [-0.05, 0) is 6.42 Å². The van der Waals surface area contributed by atoms with E-state index in [1.807, 2.05) is 6.92 Å². The predicted molar refractivity (Wildman–Crippen MR) is 62.3 cm³/mol. The fourth-order valence-electron chi connectivity index (χ4n) is 1.02. The molecule has 0 aliphatic rings. The van der Waals surface area contributed by atoms with Gasteiger partial charge in [0, 0.05) is 25.9 Å². The van der Waals surface area contributed by atoms with Crippen molar-refractivity contribution in [3.05, 3.63) is 0 Å². The van der Waals surface area contributed by atoms with Crippen LogP contribution in [0.1, 0.15) is 33.1 Å². The number of nitrogens with one attached hydrogen (secondary N) is 2. The van der Waals surface area contributed by atoms with Crippen molar-refractivity contribution in [3.8, 4) is 0 Å². The smallest absolute Gasteiger partial charge is 0.308 e. The molecule has 0 saturated heterocycles. The average Bonchev–Trinajstić information content (AvgIpc) is 2.30. The van der Waals surface area contributed by atoms with Gasteiger partial charge in [0.1, 0.15) is 0 Å². The minimum atomic E-state index is -0.953. The van der Waals surface area contributed by atoms with Crippen LogP contribution in [0.25, 0.3) is 0 Å². The number of aliphatic carboxylic acids is 1. The molecule has 0 aliphatic heterocycles. The normalized spacial score (nSPS) is 11.6. The third-order valence-electron chi connectivity index (χ3n) is 2.18. The molecule has 0 rings (SSSR count). The Labute approximate surface area is 101 Å². The fraction of sp³-hybridized carbons (Fsp3) is 0.727. The monoisotopic (exact) mass is 244 g/mol. The molecule has 6 nitrogen and oxygen atoms in total. The number of carbonyl (C=O) groups is 3. The van der Waals surface area contributed by atoms with E-state index in [2.05, 4.69) is 10.6 Å². The van der Waals surface area contributed by atoms with Crippen LogP contribution < -0.4 is 10.6 Å². The number of hydrogen-bond acceptors (Lipinski definition) is 3. The molecule has 98 valence electrons. The van der Waals surface area contributed by atoms with Gasteiger partial charge >= 0.3 is 5.97 Å². The van der Waals surface area contributed by atoms with Crippen LogP contribution in [0.2, 0.25) is 0 Å². The lowest BCUT2D eigenvalue weighted by Crippen LogP contribution is -2.32. The first-order chi connectivity index (χ1) is 7.97. The topological polar surface area (TPSA) is 95.5 Å². The zero-order valence-corrected chi connectivity index (χ0v) is 10.3. The van der Waals surface area contributed by atoms with Gasteiger partial charge in [0.05, 0.1) is 5.92 Å². The number of rotatable bonds is 8. The van der Waals surface area contributed by atoms with Crippen LogP contribution in [0.4, 0.5) is 0 Å². The summed E-state index contributed by atoms with van der Waals surface area (Å²) in [6, 6.07) is 0. The van der Waals surface area contributed by atoms with Crippen LogP contribution in [-0.2, 0) is 14.4 Å². The molecule has 0 radical (unpaired) electrons. The Balaban J connectivity index is 3.66. The summed E-state index contributed by atoms with van der Waals surface area (Å²) in [5.41, 5.74) is 0. The molecule has 1 unspecified atom stereocenters. The molecule has 0 aromatic rings. The van der Waals surface area contributed by atoms with Gasteiger partial charge in [-0.2, -0.15) is 0 Å². The molecule has 0 aliphatic carbocycles. The van der Waals surface area contributed by atoms with Crippen LogP contribution in [0, 0.1) is 5.92 Å². The Morgan fingerprint density at radius 1 is 1.12 bits per heavy atom. The molecule has 2 amide bonds. The molecule has 6 heteroatoms. The Bertz CT molecular complexity index is 279. The van der Waals surface area contributed by atoms with Gasteiger partial charge in [0.25, 0.3) is 0 Å². The Hall–Kier alpha value is -1.59. The summed E-state index contributed by atoms with van der Waals surface area (Å²) >= 11 is 0. The average molecular weight is 244 g/mol. The largest absolute Gasteiger partial charge is 0.481 e.